The number of nitrogens with two attached hydrogens (primary N) is 1. The summed E-state index contributed by atoms with van der Waals surface area (Å²) in [6.45, 7) is 2.02. The van der Waals surface area contributed by atoms with Gasteiger partial charge in [0.25, 0.3) is 0 Å². The highest BCUT2D eigenvalue weighted by Gasteiger charge is 2.19. The Kier molecular flexibility index (Phi) is 6.87. The molecule has 0 aliphatic heterocycles. The van der Waals surface area contributed by atoms with E-state index in [-0.39, 0.29) is 23.1 Å². The van der Waals surface area contributed by atoms with E-state index in [1.54, 1.807) is 23.9 Å². The zero-order chi connectivity index (χ0) is 14.3. The minimum atomic E-state index is -0.257. The third-order valence-corrected chi connectivity index (χ3v) is 4.31. The van der Waals surface area contributed by atoms with E-state index in [9.17, 15) is 9.18 Å². The molecular weight excluding hydrogens is 265 g/mol. The van der Waals surface area contributed by atoms with Crippen molar-refractivity contribution in [2.24, 2.45) is 5.73 Å². The largest absolute Gasteiger partial charge is 0.469 e. The highest BCUT2D eigenvalue weighted by atomic mass is 32.2. The van der Waals surface area contributed by atoms with Crippen LogP contribution in [0.5, 0.6) is 0 Å². The normalized spacial score (nSPS) is 13.9. The summed E-state index contributed by atoms with van der Waals surface area (Å²) in [6, 6.07) is 6.35. The van der Waals surface area contributed by atoms with Gasteiger partial charge in [-0.15, -0.1) is 0 Å². The second-order valence-corrected chi connectivity index (χ2v) is 5.49. The van der Waals surface area contributed by atoms with Crippen LogP contribution in [-0.2, 0) is 9.53 Å². The quantitative estimate of drug-likeness (QED) is 0.783. The Labute approximate surface area is 117 Å². The summed E-state index contributed by atoms with van der Waals surface area (Å²) in [6.07, 6.45) is 1.18. The minimum absolute atomic E-state index is 0.0203. The van der Waals surface area contributed by atoms with E-state index in [4.69, 9.17) is 5.73 Å². The topological polar surface area (TPSA) is 52.3 Å². The average Bonchev–Trinajstić information content (AvgIpc) is 2.43. The van der Waals surface area contributed by atoms with Crippen LogP contribution in [0, 0.1) is 5.82 Å². The van der Waals surface area contributed by atoms with E-state index in [1.165, 1.54) is 19.2 Å². The van der Waals surface area contributed by atoms with Crippen LogP contribution in [0.2, 0.25) is 0 Å². The summed E-state index contributed by atoms with van der Waals surface area (Å²) in [5.41, 5.74) is 7.10. The van der Waals surface area contributed by atoms with E-state index >= 15 is 0 Å². The first-order valence-corrected chi connectivity index (χ1v) is 7.32. The smallest absolute Gasteiger partial charge is 0.306 e. The Morgan fingerprint density at radius 3 is 2.58 bits per heavy atom. The molecule has 1 rings (SSSR count). The molecule has 0 aliphatic carbocycles. The highest BCUT2D eigenvalue weighted by molar-refractivity contribution is 7.99. The Balaban J connectivity index is 2.67. The number of esters is 1. The summed E-state index contributed by atoms with van der Waals surface area (Å²) in [7, 11) is 1.38. The lowest BCUT2D eigenvalue weighted by molar-refractivity contribution is -0.140. The predicted octanol–water partition coefficient (Wildman–Crippen LogP) is 2.90. The monoisotopic (exact) mass is 285 g/mol. The van der Waals surface area contributed by atoms with Gasteiger partial charge in [0.2, 0.25) is 0 Å². The van der Waals surface area contributed by atoms with Gasteiger partial charge in [0.15, 0.2) is 0 Å². The fourth-order valence-electron chi connectivity index (χ4n) is 1.70. The predicted molar refractivity (Wildman–Crippen MR) is 76.5 cm³/mol. The maximum Gasteiger partial charge on any atom is 0.306 e. The van der Waals surface area contributed by atoms with E-state index < -0.39 is 0 Å². The SMILES string of the molecule is CCC(N)C(SCCC(=O)OC)c1ccc(F)cc1. The molecule has 2 unspecified atom stereocenters. The standard InChI is InChI=1S/C14H20FNO2S/c1-3-12(16)14(19-9-8-13(17)18-2)10-4-6-11(15)7-5-10/h4-7,12,14H,3,8-9,16H2,1-2H3. The molecule has 0 aromatic heterocycles. The van der Waals surface area contributed by atoms with Gasteiger partial charge in [-0.1, -0.05) is 19.1 Å². The molecule has 3 nitrogen and oxygen atoms in total. The van der Waals surface area contributed by atoms with Gasteiger partial charge in [0.05, 0.1) is 13.5 Å². The molecule has 5 heteroatoms. The average molecular weight is 285 g/mol. The van der Waals surface area contributed by atoms with Crippen molar-refractivity contribution in [3.8, 4) is 0 Å². The van der Waals surface area contributed by atoms with Gasteiger partial charge in [0.1, 0.15) is 5.82 Å². The number of halogens is 1. The van der Waals surface area contributed by atoms with Gasteiger partial charge in [0, 0.05) is 17.0 Å². The summed E-state index contributed by atoms with van der Waals surface area (Å²) in [4.78, 5) is 11.1. The zero-order valence-corrected chi connectivity index (χ0v) is 12.1. The van der Waals surface area contributed by atoms with Gasteiger partial charge < -0.3 is 10.5 Å². The number of hydrogen-bond donors (Lipinski definition) is 1. The molecule has 19 heavy (non-hydrogen) atoms. The first-order chi connectivity index (χ1) is 9.08. The molecule has 0 aliphatic rings. The van der Waals surface area contributed by atoms with Gasteiger partial charge >= 0.3 is 5.97 Å². The Morgan fingerprint density at radius 1 is 1.42 bits per heavy atom. The fraction of sp³-hybridized carbons (Fsp3) is 0.500. The van der Waals surface area contributed by atoms with Crippen LogP contribution in [0.4, 0.5) is 4.39 Å². The van der Waals surface area contributed by atoms with E-state index in [0.717, 1.165) is 12.0 Å². The number of hydrogen-bond acceptors (Lipinski definition) is 4. The molecule has 1 aromatic rings. The molecule has 0 saturated heterocycles. The van der Waals surface area contributed by atoms with E-state index in [0.29, 0.717) is 12.2 Å². The van der Waals surface area contributed by atoms with Crippen LogP contribution in [0.1, 0.15) is 30.6 Å². The summed E-state index contributed by atoms with van der Waals surface area (Å²) in [5.74, 6) is 0.158. The molecule has 1 aromatic carbocycles. The third kappa shape index (κ3) is 5.20. The maximum absolute atomic E-state index is 12.9. The van der Waals surface area contributed by atoms with Crippen LogP contribution in [0.15, 0.2) is 24.3 Å². The molecule has 2 atom stereocenters. The first-order valence-electron chi connectivity index (χ1n) is 6.28. The van der Waals surface area contributed by atoms with Crippen LogP contribution in [0.3, 0.4) is 0 Å². The highest BCUT2D eigenvalue weighted by Crippen LogP contribution is 2.33. The number of ether oxygens (including phenoxy) is 1. The number of thioether (sulfide) groups is 1. The molecule has 2 N–H and O–H groups in total. The number of benzene rings is 1. The second kappa shape index (κ2) is 8.17. The van der Waals surface area contributed by atoms with E-state index in [2.05, 4.69) is 4.74 Å². The van der Waals surface area contributed by atoms with Crippen molar-refractivity contribution in [1.82, 2.24) is 0 Å². The van der Waals surface area contributed by atoms with Gasteiger partial charge in [-0.25, -0.2) is 4.39 Å². The van der Waals surface area contributed by atoms with Crippen molar-refractivity contribution in [3.05, 3.63) is 35.6 Å². The van der Waals surface area contributed by atoms with Crippen molar-refractivity contribution in [2.75, 3.05) is 12.9 Å². The third-order valence-electron chi connectivity index (χ3n) is 2.89. The van der Waals surface area contributed by atoms with Crippen molar-refractivity contribution >= 4 is 17.7 Å². The zero-order valence-electron chi connectivity index (χ0n) is 11.3. The summed E-state index contributed by atoms with van der Waals surface area (Å²) < 4.78 is 17.5. The number of methoxy groups -OCH3 is 1. The van der Waals surface area contributed by atoms with Gasteiger partial charge in [-0.05, 0) is 24.1 Å². The number of rotatable bonds is 7. The molecule has 0 spiro atoms. The Morgan fingerprint density at radius 2 is 2.05 bits per heavy atom. The van der Waals surface area contributed by atoms with Crippen LogP contribution < -0.4 is 5.73 Å². The first kappa shape index (κ1) is 16.0. The lowest BCUT2D eigenvalue weighted by Gasteiger charge is -2.22. The summed E-state index contributed by atoms with van der Waals surface area (Å²) >= 11 is 1.61. The van der Waals surface area contributed by atoms with E-state index in [1.807, 2.05) is 6.92 Å². The fourth-order valence-corrected chi connectivity index (χ4v) is 3.03. The minimum Gasteiger partial charge on any atom is -0.469 e. The van der Waals surface area contributed by atoms with Crippen molar-refractivity contribution in [2.45, 2.75) is 31.1 Å². The Bertz CT molecular complexity index is 397. The van der Waals surface area contributed by atoms with Crippen molar-refractivity contribution in [3.63, 3.8) is 0 Å². The maximum atomic E-state index is 12.9. The summed E-state index contributed by atoms with van der Waals surface area (Å²) in [5, 5.41) is 0.0651. The second-order valence-electron chi connectivity index (χ2n) is 4.24. The van der Waals surface area contributed by atoms with Gasteiger partial charge in [-0.2, -0.15) is 11.8 Å². The molecule has 0 radical (unpaired) electrons. The van der Waals surface area contributed by atoms with Gasteiger partial charge in [-0.3, -0.25) is 4.79 Å². The number of carbonyl (C=O) groups excluding carboxylic acids is 1. The molecular formula is C14H20FNO2S. The molecule has 0 heterocycles. The molecule has 106 valence electrons. The molecule has 0 fully saturated rings. The molecule has 0 amide bonds. The molecule has 0 bridgehead atoms. The van der Waals surface area contributed by atoms with Crippen molar-refractivity contribution in [1.29, 1.82) is 0 Å². The lowest BCUT2D eigenvalue weighted by Crippen LogP contribution is -2.26. The van der Waals surface area contributed by atoms with Crippen LogP contribution >= 0.6 is 11.8 Å². The number of carbonyl (C=O) groups is 1. The van der Waals surface area contributed by atoms with Crippen molar-refractivity contribution < 1.29 is 13.9 Å². The van der Waals surface area contributed by atoms with Crippen LogP contribution in [0.25, 0.3) is 0 Å². The lowest BCUT2D eigenvalue weighted by atomic mass is 10.0. The molecule has 0 saturated carbocycles. The Hall–Kier alpha value is -1.07. The van der Waals surface area contributed by atoms with Crippen LogP contribution in [-0.4, -0.2) is 24.9 Å².